The fourth-order valence-corrected chi connectivity index (χ4v) is 4.80. The zero-order chi connectivity index (χ0) is 21.7. The van der Waals surface area contributed by atoms with E-state index in [1.54, 1.807) is 13.2 Å². The van der Waals surface area contributed by atoms with Crippen molar-refractivity contribution in [3.05, 3.63) is 58.7 Å². The van der Waals surface area contributed by atoms with Gasteiger partial charge in [0, 0.05) is 16.6 Å². The molecule has 0 saturated heterocycles. The molecule has 4 nitrogen and oxygen atoms in total. The summed E-state index contributed by atoms with van der Waals surface area (Å²) in [7, 11) is 1.62. The maximum atomic E-state index is 9.53. The van der Waals surface area contributed by atoms with Crippen molar-refractivity contribution >= 4 is 11.6 Å². The molecule has 0 aromatic heterocycles. The lowest BCUT2D eigenvalue weighted by Crippen LogP contribution is -2.40. The SMILES string of the molecule is C=C(/C=C1/CC[C@@H](COc2cc(Cl)cc(OC)c2)C/C1=C/C)[C@H]1CC[C@](N)(CO)C1. The zero-order valence-corrected chi connectivity index (χ0v) is 18.9. The smallest absolute Gasteiger partial charge is 0.124 e. The Labute approximate surface area is 185 Å². The van der Waals surface area contributed by atoms with Gasteiger partial charge in [0.15, 0.2) is 0 Å². The van der Waals surface area contributed by atoms with Crippen LogP contribution in [0.3, 0.4) is 0 Å². The highest BCUT2D eigenvalue weighted by atomic mass is 35.5. The normalized spacial score (nSPS) is 29.4. The number of halogens is 1. The summed E-state index contributed by atoms with van der Waals surface area (Å²) in [5.41, 5.74) is 9.70. The van der Waals surface area contributed by atoms with Crippen molar-refractivity contribution in [2.45, 2.75) is 51.0 Å². The van der Waals surface area contributed by atoms with Gasteiger partial charge in [-0.1, -0.05) is 35.9 Å². The van der Waals surface area contributed by atoms with Crippen LogP contribution in [0.25, 0.3) is 0 Å². The second-order valence-electron chi connectivity index (χ2n) is 8.77. The van der Waals surface area contributed by atoms with E-state index in [-0.39, 0.29) is 6.61 Å². The van der Waals surface area contributed by atoms with Gasteiger partial charge >= 0.3 is 0 Å². The lowest BCUT2D eigenvalue weighted by molar-refractivity contribution is 0.197. The monoisotopic (exact) mass is 431 g/mol. The summed E-state index contributed by atoms with van der Waals surface area (Å²) in [5, 5.41) is 10.1. The molecule has 0 amide bonds. The molecule has 5 heteroatoms. The molecule has 2 aliphatic carbocycles. The molecule has 0 bridgehead atoms. The lowest BCUT2D eigenvalue weighted by Gasteiger charge is -2.27. The number of rotatable bonds is 7. The molecule has 1 aromatic rings. The van der Waals surface area contributed by atoms with E-state index in [4.69, 9.17) is 26.8 Å². The van der Waals surface area contributed by atoms with E-state index in [9.17, 15) is 5.11 Å². The number of nitrogens with two attached hydrogens (primary N) is 1. The van der Waals surface area contributed by atoms with Crippen molar-refractivity contribution in [2.24, 2.45) is 17.6 Å². The Morgan fingerprint density at radius 1 is 1.30 bits per heavy atom. The molecule has 3 atom stereocenters. The largest absolute Gasteiger partial charge is 0.497 e. The molecule has 164 valence electrons. The van der Waals surface area contributed by atoms with E-state index < -0.39 is 5.54 Å². The molecule has 0 unspecified atom stereocenters. The second-order valence-corrected chi connectivity index (χ2v) is 9.20. The van der Waals surface area contributed by atoms with E-state index in [2.05, 4.69) is 25.7 Å². The van der Waals surface area contributed by atoms with Gasteiger partial charge in [-0.3, -0.25) is 0 Å². The third kappa shape index (κ3) is 5.69. The van der Waals surface area contributed by atoms with Gasteiger partial charge in [-0.25, -0.2) is 0 Å². The maximum Gasteiger partial charge on any atom is 0.124 e. The van der Waals surface area contributed by atoms with Crippen molar-refractivity contribution in [1.29, 1.82) is 0 Å². The molecule has 3 rings (SSSR count). The van der Waals surface area contributed by atoms with Crippen molar-refractivity contribution in [3.63, 3.8) is 0 Å². The number of hydrogen-bond acceptors (Lipinski definition) is 4. The summed E-state index contributed by atoms with van der Waals surface area (Å²) >= 11 is 6.14. The summed E-state index contributed by atoms with van der Waals surface area (Å²) in [5.74, 6) is 2.27. The molecule has 1 aromatic carbocycles. The van der Waals surface area contributed by atoms with Crippen LogP contribution in [0.2, 0.25) is 5.02 Å². The number of benzene rings is 1. The summed E-state index contributed by atoms with van der Waals surface area (Å²) in [6.07, 6.45) is 10.3. The van der Waals surface area contributed by atoms with Crippen LogP contribution in [-0.4, -0.2) is 31.0 Å². The van der Waals surface area contributed by atoms with Crippen LogP contribution < -0.4 is 15.2 Å². The van der Waals surface area contributed by atoms with Gasteiger partial charge < -0.3 is 20.3 Å². The Morgan fingerprint density at radius 3 is 2.73 bits per heavy atom. The quantitative estimate of drug-likeness (QED) is 0.602. The average Bonchev–Trinajstić information content (AvgIpc) is 3.15. The molecule has 0 spiro atoms. The van der Waals surface area contributed by atoms with Gasteiger partial charge in [0.2, 0.25) is 0 Å². The number of hydrogen-bond donors (Lipinski definition) is 2. The molecule has 2 saturated carbocycles. The maximum absolute atomic E-state index is 9.53. The van der Waals surface area contributed by atoms with Gasteiger partial charge in [-0.15, -0.1) is 0 Å². The van der Waals surface area contributed by atoms with Crippen molar-refractivity contribution in [1.82, 2.24) is 0 Å². The highest BCUT2D eigenvalue weighted by Gasteiger charge is 2.36. The zero-order valence-electron chi connectivity index (χ0n) is 18.1. The van der Waals surface area contributed by atoms with Gasteiger partial charge in [-0.2, -0.15) is 0 Å². The lowest BCUT2D eigenvalue weighted by atomic mass is 9.80. The first-order valence-electron chi connectivity index (χ1n) is 10.8. The number of aliphatic hydroxyl groups is 1. The highest BCUT2D eigenvalue weighted by molar-refractivity contribution is 6.30. The molecule has 2 fully saturated rings. The Bertz CT molecular complexity index is 832. The number of ether oxygens (including phenoxy) is 2. The van der Waals surface area contributed by atoms with E-state index in [1.807, 2.05) is 12.1 Å². The standard InChI is InChI=1S/C25H34ClNO3/c1-4-19-10-18(15-30-24-12-22(26)11-23(13-24)29-3)5-6-20(19)9-17(2)21-7-8-25(27,14-21)16-28/h4,9,11-13,18,21,28H,2,5-8,10,14-16,27H2,1,3H3/b19-4-,20-9-/t18-,21+,25-/m1/s1. The number of aliphatic hydroxyl groups excluding tert-OH is 1. The molecule has 30 heavy (non-hydrogen) atoms. The van der Waals surface area contributed by atoms with Crippen molar-refractivity contribution < 1.29 is 14.6 Å². The topological polar surface area (TPSA) is 64.7 Å². The summed E-state index contributed by atoms with van der Waals surface area (Å²) in [6, 6.07) is 5.47. The fourth-order valence-electron chi connectivity index (χ4n) is 4.59. The number of allylic oxidation sites excluding steroid dienone is 5. The average molecular weight is 432 g/mol. The summed E-state index contributed by atoms with van der Waals surface area (Å²) in [4.78, 5) is 0. The Kier molecular flexibility index (Phi) is 7.67. The van der Waals surface area contributed by atoms with Crippen molar-refractivity contribution in [3.8, 4) is 11.5 Å². The Hall–Kier alpha value is -1.75. The van der Waals surface area contributed by atoms with E-state index in [1.165, 1.54) is 11.1 Å². The third-order valence-electron chi connectivity index (χ3n) is 6.50. The summed E-state index contributed by atoms with van der Waals surface area (Å²) < 4.78 is 11.3. The van der Waals surface area contributed by atoms with E-state index >= 15 is 0 Å². The summed E-state index contributed by atoms with van der Waals surface area (Å²) in [6.45, 7) is 7.14. The van der Waals surface area contributed by atoms with Gasteiger partial charge in [-0.05, 0) is 80.6 Å². The first-order valence-corrected chi connectivity index (χ1v) is 11.2. The minimum atomic E-state index is -0.437. The van der Waals surface area contributed by atoms with Crippen LogP contribution in [0.4, 0.5) is 0 Å². The predicted octanol–water partition coefficient (Wildman–Crippen LogP) is 5.45. The van der Waals surface area contributed by atoms with E-state index in [0.717, 1.165) is 49.8 Å². The van der Waals surface area contributed by atoms with Crippen LogP contribution in [0.15, 0.2) is 53.6 Å². The van der Waals surface area contributed by atoms with Crippen LogP contribution in [0, 0.1) is 11.8 Å². The van der Waals surface area contributed by atoms with Crippen molar-refractivity contribution in [2.75, 3.05) is 20.3 Å². The fraction of sp³-hybridized carbons (Fsp3) is 0.520. The predicted molar refractivity (Wildman–Crippen MR) is 123 cm³/mol. The molecule has 0 radical (unpaired) electrons. The third-order valence-corrected chi connectivity index (χ3v) is 6.72. The molecule has 0 heterocycles. The molecule has 3 N–H and O–H groups in total. The highest BCUT2D eigenvalue weighted by Crippen LogP contribution is 2.40. The first-order chi connectivity index (χ1) is 14.4. The van der Waals surface area contributed by atoms with Crippen LogP contribution in [0.5, 0.6) is 11.5 Å². The minimum Gasteiger partial charge on any atom is -0.497 e. The van der Waals surface area contributed by atoms with E-state index in [0.29, 0.717) is 29.2 Å². The molecular weight excluding hydrogens is 398 g/mol. The minimum absolute atomic E-state index is 0.0493. The van der Waals surface area contributed by atoms with Gasteiger partial charge in [0.05, 0.1) is 20.3 Å². The van der Waals surface area contributed by atoms with Gasteiger partial charge in [0.1, 0.15) is 11.5 Å². The van der Waals surface area contributed by atoms with Crippen LogP contribution in [-0.2, 0) is 0 Å². The molecular formula is C25H34ClNO3. The Morgan fingerprint density at radius 2 is 2.07 bits per heavy atom. The molecule has 0 aliphatic heterocycles. The van der Waals surface area contributed by atoms with Crippen LogP contribution >= 0.6 is 11.6 Å². The second kappa shape index (κ2) is 10.0. The molecule has 2 aliphatic rings. The number of methoxy groups -OCH3 is 1. The van der Waals surface area contributed by atoms with Crippen LogP contribution in [0.1, 0.15) is 45.4 Å². The first kappa shape index (κ1) is 22.9. The Balaban J connectivity index is 1.58. The van der Waals surface area contributed by atoms with Gasteiger partial charge in [0.25, 0.3) is 0 Å².